The Morgan fingerprint density at radius 2 is 1.78 bits per heavy atom. The third-order valence-corrected chi connectivity index (χ3v) is 3.77. The highest BCUT2D eigenvalue weighted by Gasteiger charge is 2.11. The van der Waals surface area contributed by atoms with Gasteiger partial charge in [0.15, 0.2) is 0 Å². The molecule has 3 aromatic rings. The van der Waals surface area contributed by atoms with E-state index in [0.717, 1.165) is 26.8 Å². The van der Waals surface area contributed by atoms with Crippen LogP contribution < -0.4 is 0 Å². The number of aryl methyl sites for hydroxylation is 1. The van der Waals surface area contributed by atoms with Gasteiger partial charge in [-0.3, -0.25) is 4.98 Å². The molecule has 0 aliphatic heterocycles. The molecule has 88 valence electrons. The molecule has 0 radical (unpaired) electrons. The van der Waals surface area contributed by atoms with Crippen LogP contribution in [0.25, 0.3) is 21.1 Å². The maximum atomic E-state index is 4.59. The monoisotopic (exact) mass is 254 g/mol. The average molecular weight is 254 g/mol. The zero-order chi connectivity index (χ0) is 12.4. The minimum atomic E-state index is 0.917. The second-order valence-electron chi connectivity index (χ2n) is 3.76. The molecule has 0 atom stereocenters. The zero-order valence-electron chi connectivity index (χ0n) is 9.74. The van der Waals surface area contributed by atoms with Gasteiger partial charge >= 0.3 is 0 Å². The molecule has 18 heavy (non-hydrogen) atoms. The Hall–Kier alpha value is -2.14. The van der Waals surface area contributed by atoms with Crippen LogP contribution in [0, 0.1) is 6.92 Å². The van der Waals surface area contributed by atoms with Crippen LogP contribution >= 0.6 is 11.3 Å². The molecule has 0 N–H and O–H groups in total. The molecule has 0 saturated carbocycles. The summed E-state index contributed by atoms with van der Waals surface area (Å²) in [6.07, 6.45) is 6.85. The van der Waals surface area contributed by atoms with E-state index in [9.17, 15) is 0 Å². The van der Waals surface area contributed by atoms with Crippen molar-refractivity contribution in [2.75, 3.05) is 0 Å². The van der Waals surface area contributed by atoms with Crippen LogP contribution in [0.15, 0.2) is 43.1 Å². The number of nitrogens with zero attached hydrogens (tertiary/aromatic N) is 4. The predicted octanol–water partition coefficient (Wildman–Crippen LogP) is 2.97. The molecule has 3 rings (SSSR count). The molecule has 0 aliphatic rings. The van der Waals surface area contributed by atoms with Gasteiger partial charge in [-0.05, 0) is 25.1 Å². The second kappa shape index (κ2) is 4.62. The van der Waals surface area contributed by atoms with E-state index in [0.29, 0.717) is 0 Å². The summed E-state index contributed by atoms with van der Waals surface area (Å²) < 4.78 is 0. The van der Waals surface area contributed by atoms with E-state index >= 15 is 0 Å². The molecule has 5 heteroatoms. The van der Waals surface area contributed by atoms with Gasteiger partial charge in [-0.25, -0.2) is 15.0 Å². The van der Waals surface area contributed by atoms with E-state index in [4.69, 9.17) is 0 Å². The van der Waals surface area contributed by atoms with Gasteiger partial charge in [0.25, 0.3) is 0 Å². The number of rotatable bonds is 2. The third kappa shape index (κ3) is 2.00. The van der Waals surface area contributed by atoms with E-state index < -0.39 is 0 Å². The van der Waals surface area contributed by atoms with Gasteiger partial charge in [-0.1, -0.05) is 0 Å². The molecule has 0 amide bonds. The summed E-state index contributed by atoms with van der Waals surface area (Å²) in [4.78, 5) is 17.9. The lowest BCUT2D eigenvalue weighted by molar-refractivity contribution is 1.17. The van der Waals surface area contributed by atoms with Crippen molar-refractivity contribution in [1.29, 1.82) is 0 Å². The normalized spacial score (nSPS) is 10.5. The first-order chi connectivity index (χ1) is 8.84. The Kier molecular flexibility index (Phi) is 2.82. The molecule has 3 heterocycles. The lowest BCUT2D eigenvalue weighted by Gasteiger charge is -1.95. The number of pyridine rings is 1. The lowest BCUT2D eigenvalue weighted by Crippen LogP contribution is -1.83. The van der Waals surface area contributed by atoms with Gasteiger partial charge in [0.05, 0.1) is 16.3 Å². The number of thiazole rings is 1. The molecular formula is C13H10N4S. The fourth-order valence-corrected chi connectivity index (χ4v) is 2.73. The maximum Gasteiger partial charge on any atom is 0.124 e. The Bertz CT molecular complexity index is 649. The molecule has 0 bridgehead atoms. The summed E-state index contributed by atoms with van der Waals surface area (Å²) in [5, 5.41) is 0.989. The summed E-state index contributed by atoms with van der Waals surface area (Å²) in [7, 11) is 0. The van der Waals surface area contributed by atoms with Gasteiger partial charge in [0.1, 0.15) is 11.3 Å². The zero-order valence-corrected chi connectivity index (χ0v) is 10.6. The molecule has 3 aromatic heterocycles. The first-order valence-electron chi connectivity index (χ1n) is 5.49. The van der Waals surface area contributed by atoms with Crippen LogP contribution in [0.1, 0.15) is 5.69 Å². The average Bonchev–Trinajstić information content (AvgIpc) is 2.83. The van der Waals surface area contributed by atoms with E-state index in [1.54, 1.807) is 36.3 Å². The van der Waals surface area contributed by atoms with Gasteiger partial charge in [-0.2, -0.15) is 0 Å². The fourth-order valence-electron chi connectivity index (χ4n) is 1.68. The topological polar surface area (TPSA) is 51.6 Å². The van der Waals surface area contributed by atoms with Crippen molar-refractivity contribution in [3.05, 3.63) is 48.8 Å². The smallest absolute Gasteiger partial charge is 0.124 e. The SMILES string of the molecule is Cc1nc(-c2ccncc2)sc1-c1ccncn1. The number of hydrogen-bond acceptors (Lipinski definition) is 5. The molecule has 0 saturated heterocycles. The van der Waals surface area contributed by atoms with Gasteiger partial charge in [-0.15, -0.1) is 11.3 Å². The fraction of sp³-hybridized carbons (Fsp3) is 0.0769. The Morgan fingerprint density at radius 1 is 1.00 bits per heavy atom. The summed E-state index contributed by atoms with van der Waals surface area (Å²) in [6.45, 7) is 2.00. The van der Waals surface area contributed by atoms with Gasteiger partial charge < -0.3 is 0 Å². The highest BCUT2D eigenvalue weighted by atomic mass is 32.1. The summed E-state index contributed by atoms with van der Waals surface area (Å²) in [5.41, 5.74) is 2.99. The Morgan fingerprint density at radius 3 is 2.50 bits per heavy atom. The van der Waals surface area contributed by atoms with E-state index in [2.05, 4.69) is 19.9 Å². The van der Waals surface area contributed by atoms with Crippen LogP contribution in [0.2, 0.25) is 0 Å². The van der Waals surface area contributed by atoms with Crippen LogP contribution in [0.4, 0.5) is 0 Å². The first-order valence-corrected chi connectivity index (χ1v) is 6.30. The van der Waals surface area contributed by atoms with Crippen molar-refractivity contribution in [1.82, 2.24) is 19.9 Å². The Balaban J connectivity index is 2.07. The van der Waals surface area contributed by atoms with Crippen LogP contribution in [-0.4, -0.2) is 19.9 Å². The molecule has 0 fully saturated rings. The first kappa shape index (κ1) is 11.0. The summed E-state index contributed by atoms with van der Waals surface area (Å²) in [5.74, 6) is 0. The maximum absolute atomic E-state index is 4.59. The van der Waals surface area contributed by atoms with Gasteiger partial charge in [0.2, 0.25) is 0 Å². The van der Waals surface area contributed by atoms with Crippen molar-refractivity contribution in [3.63, 3.8) is 0 Å². The molecule has 4 nitrogen and oxygen atoms in total. The predicted molar refractivity (Wildman–Crippen MR) is 71.1 cm³/mol. The van der Waals surface area contributed by atoms with Crippen LogP contribution in [0.5, 0.6) is 0 Å². The van der Waals surface area contributed by atoms with E-state index in [1.807, 2.05) is 25.1 Å². The van der Waals surface area contributed by atoms with Crippen molar-refractivity contribution in [2.45, 2.75) is 6.92 Å². The molecular weight excluding hydrogens is 244 g/mol. The van der Waals surface area contributed by atoms with Crippen LogP contribution in [0.3, 0.4) is 0 Å². The van der Waals surface area contributed by atoms with Crippen molar-refractivity contribution in [3.8, 4) is 21.1 Å². The molecule has 0 unspecified atom stereocenters. The highest BCUT2D eigenvalue weighted by Crippen LogP contribution is 2.33. The molecule has 0 aliphatic carbocycles. The standard InChI is InChI=1S/C13H10N4S/c1-9-12(11-4-7-15-8-16-11)18-13(17-9)10-2-5-14-6-3-10/h2-8H,1H3. The minimum absolute atomic E-state index is 0.917. The van der Waals surface area contributed by atoms with E-state index in [-0.39, 0.29) is 0 Å². The van der Waals surface area contributed by atoms with E-state index in [1.165, 1.54) is 0 Å². The minimum Gasteiger partial charge on any atom is -0.265 e. The molecule has 0 spiro atoms. The van der Waals surface area contributed by atoms with Crippen LogP contribution in [-0.2, 0) is 0 Å². The Labute approximate surface area is 108 Å². The van der Waals surface area contributed by atoms with Crippen molar-refractivity contribution in [2.24, 2.45) is 0 Å². The number of aromatic nitrogens is 4. The lowest BCUT2D eigenvalue weighted by atomic mass is 10.3. The third-order valence-electron chi connectivity index (χ3n) is 2.54. The highest BCUT2D eigenvalue weighted by molar-refractivity contribution is 7.18. The molecule has 0 aromatic carbocycles. The second-order valence-corrected chi connectivity index (χ2v) is 4.76. The number of hydrogen-bond donors (Lipinski definition) is 0. The largest absolute Gasteiger partial charge is 0.265 e. The van der Waals surface area contributed by atoms with Crippen molar-refractivity contribution >= 4 is 11.3 Å². The van der Waals surface area contributed by atoms with Crippen molar-refractivity contribution < 1.29 is 0 Å². The quantitative estimate of drug-likeness (QED) is 0.705. The van der Waals surface area contributed by atoms with Gasteiger partial charge in [0, 0.05) is 24.2 Å². The summed E-state index contributed by atoms with van der Waals surface area (Å²) >= 11 is 1.64. The summed E-state index contributed by atoms with van der Waals surface area (Å²) in [6, 6.07) is 5.82.